The van der Waals surface area contributed by atoms with Gasteiger partial charge in [-0.25, -0.2) is 0 Å². The van der Waals surface area contributed by atoms with Crippen LogP contribution in [0.3, 0.4) is 0 Å². The van der Waals surface area contributed by atoms with Crippen LogP contribution >= 0.6 is 0 Å². The molecular weight excluding hydrogens is 216 g/mol. The monoisotopic (exact) mass is 240 g/mol. The molecule has 2 fully saturated rings. The third kappa shape index (κ3) is 3.42. The lowest BCUT2D eigenvalue weighted by Crippen LogP contribution is -2.48. The first-order chi connectivity index (χ1) is 8.31. The van der Waals surface area contributed by atoms with Gasteiger partial charge in [-0.2, -0.15) is 0 Å². The summed E-state index contributed by atoms with van der Waals surface area (Å²) in [5.41, 5.74) is 0. The average Bonchev–Trinajstić information content (AvgIpc) is 2.89. The number of piperidine rings is 1. The highest BCUT2D eigenvalue weighted by Crippen LogP contribution is 2.19. The Balaban J connectivity index is 1.81. The second-order valence-electron chi connectivity index (χ2n) is 5.10. The molecule has 2 aliphatic rings. The summed E-state index contributed by atoms with van der Waals surface area (Å²) in [5.74, 6) is 0.845. The Hall–Kier alpha value is -0.610. The van der Waals surface area contributed by atoms with Crippen molar-refractivity contribution in [3.63, 3.8) is 0 Å². The van der Waals surface area contributed by atoms with Crippen LogP contribution in [-0.2, 0) is 9.53 Å². The molecule has 1 N–H and O–H groups in total. The van der Waals surface area contributed by atoms with Crippen LogP contribution in [0.15, 0.2) is 0 Å². The molecule has 98 valence electrons. The topological polar surface area (TPSA) is 41.6 Å². The first kappa shape index (κ1) is 12.8. The summed E-state index contributed by atoms with van der Waals surface area (Å²) in [5, 5.41) is 3.29. The van der Waals surface area contributed by atoms with Gasteiger partial charge in [0.15, 0.2) is 0 Å². The number of carbonyl (C=O) groups is 1. The molecule has 2 rings (SSSR count). The lowest BCUT2D eigenvalue weighted by molar-refractivity contribution is -0.135. The highest BCUT2D eigenvalue weighted by molar-refractivity contribution is 5.82. The van der Waals surface area contributed by atoms with Crippen LogP contribution in [0.2, 0.25) is 0 Å². The van der Waals surface area contributed by atoms with Crippen LogP contribution in [0.5, 0.6) is 0 Å². The van der Waals surface area contributed by atoms with Crippen molar-refractivity contribution in [2.24, 2.45) is 5.92 Å². The lowest BCUT2D eigenvalue weighted by Gasteiger charge is -2.34. The maximum atomic E-state index is 12.2. The van der Waals surface area contributed by atoms with E-state index in [0.29, 0.717) is 11.8 Å². The highest BCUT2D eigenvalue weighted by atomic mass is 16.5. The predicted octanol–water partition coefficient (Wildman–Crippen LogP) is 1.01. The first-order valence-corrected chi connectivity index (χ1v) is 6.91. The number of hydrogen-bond donors (Lipinski definition) is 1. The number of ether oxygens (including phenoxy) is 1. The van der Waals surface area contributed by atoms with Crippen LogP contribution in [0.1, 0.15) is 32.6 Å². The molecule has 2 saturated heterocycles. The SMILES string of the molecule is CCOCC1CCCN(C(=O)C2CCCN2)C1. The molecule has 2 aliphatic heterocycles. The molecule has 2 unspecified atom stereocenters. The fraction of sp³-hybridized carbons (Fsp3) is 0.923. The average molecular weight is 240 g/mol. The predicted molar refractivity (Wildman–Crippen MR) is 66.8 cm³/mol. The second kappa shape index (κ2) is 6.36. The van der Waals surface area contributed by atoms with Gasteiger partial charge in [-0.15, -0.1) is 0 Å². The zero-order chi connectivity index (χ0) is 12.1. The van der Waals surface area contributed by atoms with Gasteiger partial charge in [0.05, 0.1) is 12.6 Å². The van der Waals surface area contributed by atoms with E-state index in [1.54, 1.807) is 0 Å². The minimum absolute atomic E-state index is 0.0841. The first-order valence-electron chi connectivity index (χ1n) is 6.91. The van der Waals surface area contributed by atoms with E-state index in [1.165, 1.54) is 6.42 Å². The molecule has 0 aliphatic carbocycles. The number of nitrogens with zero attached hydrogens (tertiary/aromatic N) is 1. The molecule has 17 heavy (non-hydrogen) atoms. The van der Waals surface area contributed by atoms with E-state index in [0.717, 1.165) is 52.1 Å². The number of hydrogen-bond acceptors (Lipinski definition) is 3. The molecule has 0 bridgehead atoms. The largest absolute Gasteiger partial charge is 0.381 e. The molecule has 1 amide bonds. The molecular formula is C13H24N2O2. The van der Waals surface area contributed by atoms with E-state index in [-0.39, 0.29) is 6.04 Å². The van der Waals surface area contributed by atoms with E-state index in [4.69, 9.17) is 4.74 Å². The lowest BCUT2D eigenvalue weighted by atomic mass is 9.98. The third-order valence-corrected chi connectivity index (χ3v) is 3.75. The molecule has 0 aromatic heterocycles. The molecule has 4 heteroatoms. The molecule has 2 atom stereocenters. The minimum Gasteiger partial charge on any atom is -0.381 e. The van der Waals surface area contributed by atoms with E-state index < -0.39 is 0 Å². The van der Waals surface area contributed by atoms with Crippen molar-refractivity contribution in [2.75, 3.05) is 32.8 Å². The Morgan fingerprint density at radius 1 is 1.41 bits per heavy atom. The molecule has 0 radical (unpaired) electrons. The van der Waals surface area contributed by atoms with Gasteiger partial charge in [-0.05, 0) is 45.1 Å². The van der Waals surface area contributed by atoms with Crippen LogP contribution in [-0.4, -0.2) is 49.7 Å². The van der Waals surface area contributed by atoms with Gasteiger partial charge in [-0.1, -0.05) is 0 Å². The minimum atomic E-state index is 0.0841. The summed E-state index contributed by atoms with van der Waals surface area (Å²) < 4.78 is 5.47. The molecule has 0 aromatic rings. The van der Waals surface area contributed by atoms with Crippen molar-refractivity contribution in [1.29, 1.82) is 0 Å². The number of carbonyl (C=O) groups excluding carboxylic acids is 1. The summed E-state index contributed by atoms with van der Waals surface area (Å²) in [7, 11) is 0. The van der Waals surface area contributed by atoms with E-state index in [9.17, 15) is 4.79 Å². The van der Waals surface area contributed by atoms with E-state index >= 15 is 0 Å². The molecule has 0 aromatic carbocycles. The number of rotatable bonds is 4. The smallest absolute Gasteiger partial charge is 0.239 e. The maximum Gasteiger partial charge on any atom is 0.239 e. The number of likely N-dealkylation sites (tertiary alicyclic amines) is 1. The van der Waals surface area contributed by atoms with Crippen LogP contribution in [0.4, 0.5) is 0 Å². The van der Waals surface area contributed by atoms with Gasteiger partial charge >= 0.3 is 0 Å². The van der Waals surface area contributed by atoms with Gasteiger partial charge < -0.3 is 15.0 Å². The molecule has 0 spiro atoms. The van der Waals surface area contributed by atoms with Crippen molar-refractivity contribution in [2.45, 2.75) is 38.6 Å². The normalized spacial score (nSPS) is 29.6. The number of nitrogens with one attached hydrogen (secondary N) is 1. The second-order valence-corrected chi connectivity index (χ2v) is 5.10. The quantitative estimate of drug-likeness (QED) is 0.797. The summed E-state index contributed by atoms with van der Waals surface area (Å²) in [6.07, 6.45) is 4.45. The summed E-state index contributed by atoms with van der Waals surface area (Å²) in [4.78, 5) is 14.3. The van der Waals surface area contributed by atoms with Crippen LogP contribution in [0, 0.1) is 5.92 Å². The van der Waals surface area contributed by atoms with E-state index in [1.807, 2.05) is 11.8 Å². The standard InChI is InChI=1S/C13H24N2O2/c1-2-17-10-11-5-4-8-15(9-11)13(16)12-6-3-7-14-12/h11-12,14H,2-10H2,1H3. The Morgan fingerprint density at radius 3 is 3.00 bits per heavy atom. The van der Waals surface area contributed by atoms with Crippen molar-refractivity contribution in [3.05, 3.63) is 0 Å². The van der Waals surface area contributed by atoms with E-state index in [2.05, 4.69) is 5.32 Å². The summed E-state index contributed by atoms with van der Waals surface area (Å²) in [6.45, 7) is 6.41. The third-order valence-electron chi connectivity index (χ3n) is 3.75. The van der Waals surface area contributed by atoms with Gasteiger partial charge in [-0.3, -0.25) is 4.79 Å². The fourth-order valence-corrected chi connectivity index (χ4v) is 2.80. The van der Waals surface area contributed by atoms with Gasteiger partial charge in [0.25, 0.3) is 0 Å². The Kier molecular flexibility index (Phi) is 4.80. The molecule has 4 nitrogen and oxygen atoms in total. The van der Waals surface area contributed by atoms with Gasteiger partial charge in [0.2, 0.25) is 5.91 Å². The molecule has 0 saturated carbocycles. The Labute approximate surface area is 104 Å². The van der Waals surface area contributed by atoms with Crippen molar-refractivity contribution in [1.82, 2.24) is 10.2 Å². The Bertz CT molecular complexity index is 252. The highest BCUT2D eigenvalue weighted by Gasteiger charge is 2.30. The van der Waals surface area contributed by atoms with Crippen molar-refractivity contribution >= 4 is 5.91 Å². The van der Waals surface area contributed by atoms with Crippen LogP contribution in [0.25, 0.3) is 0 Å². The Morgan fingerprint density at radius 2 is 2.29 bits per heavy atom. The van der Waals surface area contributed by atoms with Crippen molar-refractivity contribution in [3.8, 4) is 0 Å². The van der Waals surface area contributed by atoms with Gasteiger partial charge in [0, 0.05) is 19.7 Å². The number of amides is 1. The maximum absolute atomic E-state index is 12.2. The zero-order valence-electron chi connectivity index (χ0n) is 10.8. The summed E-state index contributed by atoms with van der Waals surface area (Å²) >= 11 is 0. The van der Waals surface area contributed by atoms with Gasteiger partial charge in [0.1, 0.15) is 0 Å². The fourth-order valence-electron chi connectivity index (χ4n) is 2.80. The van der Waals surface area contributed by atoms with Crippen molar-refractivity contribution < 1.29 is 9.53 Å². The summed E-state index contributed by atoms with van der Waals surface area (Å²) in [6, 6.07) is 0.0841. The zero-order valence-corrected chi connectivity index (χ0v) is 10.8. The molecule has 2 heterocycles. The van der Waals surface area contributed by atoms with Crippen LogP contribution < -0.4 is 5.32 Å².